The molecule has 2 aliphatic rings. The molecule has 0 N–H and O–H groups in total. The van der Waals surface area contributed by atoms with Gasteiger partial charge in [0, 0.05) is 18.1 Å². The summed E-state index contributed by atoms with van der Waals surface area (Å²) in [5.41, 5.74) is 1.63. The van der Waals surface area contributed by atoms with Gasteiger partial charge in [-0.05, 0) is 24.5 Å². The summed E-state index contributed by atoms with van der Waals surface area (Å²) in [6.07, 6.45) is 1.73. The van der Waals surface area contributed by atoms with Gasteiger partial charge in [0.05, 0.1) is 19.1 Å². The SMILES string of the molecule is COCC1Oc2ccc(C3(C(=O)OC)CC3)cc2C1(C)C. The second-order valence-corrected chi connectivity index (χ2v) is 6.57. The highest BCUT2D eigenvalue weighted by molar-refractivity contribution is 5.86. The maximum Gasteiger partial charge on any atom is 0.316 e. The first-order chi connectivity index (χ1) is 9.95. The van der Waals surface area contributed by atoms with Crippen LogP contribution >= 0.6 is 0 Å². The molecule has 1 unspecified atom stereocenters. The minimum atomic E-state index is -0.431. The van der Waals surface area contributed by atoms with E-state index in [1.165, 1.54) is 7.11 Å². The minimum Gasteiger partial charge on any atom is -0.487 e. The predicted molar refractivity (Wildman–Crippen MR) is 78.7 cm³/mol. The highest BCUT2D eigenvalue weighted by Crippen LogP contribution is 2.52. The van der Waals surface area contributed by atoms with Gasteiger partial charge >= 0.3 is 5.97 Å². The Morgan fingerprint density at radius 1 is 1.33 bits per heavy atom. The van der Waals surface area contributed by atoms with Gasteiger partial charge in [-0.3, -0.25) is 4.79 Å². The van der Waals surface area contributed by atoms with E-state index in [-0.39, 0.29) is 17.5 Å². The van der Waals surface area contributed by atoms with Gasteiger partial charge in [-0.15, -0.1) is 0 Å². The summed E-state index contributed by atoms with van der Waals surface area (Å²) in [4.78, 5) is 12.1. The van der Waals surface area contributed by atoms with Crippen LogP contribution in [0.4, 0.5) is 0 Å². The van der Waals surface area contributed by atoms with Crippen LogP contribution in [0.15, 0.2) is 18.2 Å². The number of hydrogen-bond donors (Lipinski definition) is 0. The van der Waals surface area contributed by atoms with Gasteiger partial charge in [0.25, 0.3) is 0 Å². The summed E-state index contributed by atoms with van der Waals surface area (Å²) in [6, 6.07) is 6.09. The number of carbonyl (C=O) groups excluding carboxylic acids is 1. The van der Waals surface area contributed by atoms with E-state index in [1.54, 1.807) is 7.11 Å². The predicted octanol–water partition coefficient (Wildman–Crippen LogP) is 2.58. The van der Waals surface area contributed by atoms with Crippen LogP contribution in [0, 0.1) is 0 Å². The van der Waals surface area contributed by atoms with Crippen molar-refractivity contribution in [1.82, 2.24) is 0 Å². The first-order valence-electron chi connectivity index (χ1n) is 7.35. The van der Waals surface area contributed by atoms with Crippen LogP contribution in [0.2, 0.25) is 0 Å². The molecule has 0 amide bonds. The van der Waals surface area contributed by atoms with Crippen LogP contribution in [0.1, 0.15) is 37.8 Å². The molecule has 21 heavy (non-hydrogen) atoms. The van der Waals surface area contributed by atoms with E-state index >= 15 is 0 Å². The molecule has 0 bridgehead atoms. The van der Waals surface area contributed by atoms with Crippen LogP contribution in [0.5, 0.6) is 5.75 Å². The van der Waals surface area contributed by atoms with Crippen LogP contribution in [0.3, 0.4) is 0 Å². The van der Waals surface area contributed by atoms with Gasteiger partial charge in [0.2, 0.25) is 0 Å². The molecule has 0 radical (unpaired) electrons. The van der Waals surface area contributed by atoms with E-state index in [1.807, 2.05) is 12.1 Å². The molecule has 0 aromatic heterocycles. The van der Waals surface area contributed by atoms with Crippen molar-refractivity contribution in [2.75, 3.05) is 20.8 Å². The lowest BCUT2D eigenvalue weighted by atomic mass is 9.79. The third-order valence-corrected chi connectivity index (χ3v) is 4.94. The molecule has 1 aliphatic heterocycles. The van der Waals surface area contributed by atoms with E-state index < -0.39 is 5.41 Å². The number of fused-ring (bicyclic) bond motifs is 1. The van der Waals surface area contributed by atoms with Crippen LogP contribution in [-0.2, 0) is 25.1 Å². The Bertz CT molecular complexity index is 572. The summed E-state index contributed by atoms with van der Waals surface area (Å²) < 4.78 is 16.2. The average Bonchev–Trinajstić information content (AvgIpc) is 3.23. The van der Waals surface area contributed by atoms with E-state index in [4.69, 9.17) is 14.2 Å². The molecule has 1 atom stereocenters. The Morgan fingerprint density at radius 3 is 2.62 bits per heavy atom. The summed E-state index contributed by atoms with van der Waals surface area (Å²) in [6.45, 7) is 4.87. The maximum atomic E-state index is 12.1. The zero-order valence-corrected chi connectivity index (χ0v) is 13.1. The average molecular weight is 290 g/mol. The molecule has 0 spiro atoms. The third-order valence-electron chi connectivity index (χ3n) is 4.94. The molecular weight excluding hydrogens is 268 g/mol. The topological polar surface area (TPSA) is 44.8 Å². The molecule has 1 aromatic rings. The van der Waals surface area contributed by atoms with Crippen molar-refractivity contribution in [3.05, 3.63) is 29.3 Å². The number of methoxy groups -OCH3 is 2. The molecule has 3 rings (SSSR count). The number of rotatable bonds is 4. The van der Waals surface area contributed by atoms with E-state index in [9.17, 15) is 4.79 Å². The summed E-state index contributed by atoms with van der Waals surface area (Å²) in [5, 5.41) is 0. The second kappa shape index (κ2) is 4.73. The normalized spacial score (nSPS) is 24.1. The molecule has 1 saturated carbocycles. The van der Waals surface area contributed by atoms with Crippen molar-refractivity contribution < 1.29 is 19.0 Å². The lowest BCUT2D eigenvalue weighted by molar-refractivity contribution is -0.143. The standard InChI is InChI=1S/C17H22O4/c1-16(2)12-9-11(17(7-8-17)15(18)20-4)5-6-13(12)21-14(16)10-19-3/h5-6,9,14H,7-8,10H2,1-4H3. The van der Waals surface area contributed by atoms with Crippen molar-refractivity contribution in [1.29, 1.82) is 0 Å². The van der Waals surface area contributed by atoms with E-state index in [0.29, 0.717) is 6.61 Å². The Labute approximate surface area is 125 Å². The highest BCUT2D eigenvalue weighted by atomic mass is 16.5. The van der Waals surface area contributed by atoms with Gasteiger partial charge in [-0.2, -0.15) is 0 Å². The van der Waals surface area contributed by atoms with Crippen LogP contribution in [0.25, 0.3) is 0 Å². The van der Waals surface area contributed by atoms with Crippen molar-refractivity contribution in [3.8, 4) is 5.75 Å². The van der Waals surface area contributed by atoms with Crippen molar-refractivity contribution >= 4 is 5.97 Å². The lowest BCUT2D eigenvalue weighted by Gasteiger charge is -2.25. The molecule has 114 valence electrons. The molecule has 0 saturated heterocycles. The zero-order valence-electron chi connectivity index (χ0n) is 13.1. The number of carbonyl (C=O) groups is 1. The first kappa shape index (κ1) is 14.4. The number of hydrogen-bond acceptors (Lipinski definition) is 4. The zero-order chi connectivity index (χ0) is 15.3. The second-order valence-electron chi connectivity index (χ2n) is 6.57. The van der Waals surface area contributed by atoms with Crippen molar-refractivity contribution in [3.63, 3.8) is 0 Å². The minimum absolute atomic E-state index is 0.000953. The first-order valence-corrected chi connectivity index (χ1v) is 7.35. The molecule has 1 aromatic carbocycles. The molecule has 1 fully saturated rings. The van der Waals surface area contributed by atoms with Crippen LogP contribution < -0.4 is 4.74 Å². The summed E-state index contributed by atoms with van der Waals surface area (Å²) >= 11 is 0. The Hall–Kier alpha value is -1.55. The molecule has 1 heterocycles. The number of ether oxygens (including phenoxy) is 3. The van der Waals surface area contributed by atoms with Gasteiger partial charge in [0.15, 0.2) is 0 Å². The van der Waals surface area contributed by atoms with Gasteiger partial charge < -0.3 is 14.2 Å². The Morgan fingerprint density at radius 2 is 2.05 bits per heavy atom. The summed E-state index contributed by atoms with van der Waals surface area (Å²) in [5.74, 6) is 0.763. The highest BCUT2D eigenvalue weighted by Gasteiger charge is 2.53. The fourth-order valence-corrected chi connectivity index (χ4v) is 3.23. The van der Waals surface area contributed by atoms with Crippen molar-refractivity contribution in [2.24, 2.45) is 0 Å². The van der Waals surface area contributed by atoms with E-state index in [2.05, 4.69) is 19.9 Å². The smallest absolute Gasteiger partial charge is 0.316 e. The van der Waals surface area contributed by atoms with E-state index in [0.717, 1.165) is 29.7 Å². The Balaban J connectivity index is 1.98. The molecule has 4 nitrogen and oxygen atoms in total. The monoisotopic (exact) mass is 290 g/mol. The molecule has 4 heteroatoms. The van der Waals surface area contributed by atoms with Crippen LogP contribution in [-0.4, -0.2) is 32.9 Å². The summed E-state index contributed by atoms with van der Waals surface area (Å²) in [7, 11) is 3.14. The van der Waals surface area contributed by atoms with Gasteiger partial charge in [-0.25, -0.2) is 0 Å². The fraction of sp³-hybridized carbons (Fsp3) is 0.588. The van der Waals surface area contributed by atoms with Gasteiger partial charge in [-0.1, -0.05) is 26.0 Å². The van der Waals surface area contributed by atoms with Crippen molar-refractivity contribution in [2.45, 2.75) is 43.6 Å². The maximum absolute atomic E-state index is 12.1. The fourth-order valence-electron chi connectivity index (χ4n) is 3.23. The number of benzene rings is 1. The molecule has 1 aliphatic carbocycles. The number of esters is 1. The quantitative estimate of drug-likeness (QED) is 0.800. The Kier molecular flexibility index (Phi) is 3.24. The van der Waals surface area contributed by atoms with Gasteiger partial charge in [0.1, 0.15) is 11.9 Å². The third kappa shape index (κ3) is 2.04. The largest absolute Gasteiger partial charge is 0.487 e. The molecular formula is C17H22O4. The lowest BCUT2D eigenvalue weighted by Crippen LogP contribution is -2.36.